The van der Waals surface area contributed by atoms with Crippen LogP contribution in [0.4, 0.5) is 0 Å². The second kappa shape index (κ2) is 4.18. The van der Waals surface area contributed by atoms with Gasteiger partial charge in [0, 0.05) is 17.0 Å². The molecule has 0 bridgehead atoms. The van der Waals surface area contributed by atoms with Crippen LogP contribution < -0.4 is 4.74 Å². The molecule has 0 unspecified atom stereocenters. The van der Waals surface area contributed by atoms with E-state index in [1.54, 1.807) is 11.3 Å². The summed E-state index contributed by atoms with van der Waals surface area (Å²) >= 11 is 1.65. The van der Waals surface area contributed by atoms with E-state index >= 15 is 0 Å². The van der Waals surface area contributed by atoms with E-state index < -0.39 is 0 Å². The summed E-state index contributed by atoms with van der Waals surface area (Å²) in [5, 5.41) is 4.09. The number of aromatic amines is 1. The molecule has 3 aromatic rings. The summed E-state index contributed by atoms with van der Waals surface area (Å²) in [6.45, 7) is 2.55. The van der Waals surface area contributed by atoms with Crippen molar-refractivity contribution in [3.05, 3.63) is 29.0 Å². The van der Waals surface area contributed by atoms with E-state index in [0.717, 1.165) is 16.9 Å². The number of fused-ring (bicyclic) bond motifs is 1. The molecular formula is C12H11N3OS. The van der Waals surface area contributed by atoms with Gasteiger partial charge in [-0.05, 0) is 24.4 Å². The molecule has 17 heavy (non-hydrogen) atoms. The Morgan fingerprint density at radius 1 is 1.29 bits per heavy atom. The third-order valence-corrected chi connectivity index (χ3v) is 3.09. The number of nitrogens with zero attached hydrogens (tertiary/aromatic N) is 2. The van der Waals surface area contributed by atoms with Crippen LogP contribution in [-0.2, 0) is 0 Å². The Hall–Kier alpha value is -1.88. The maximum atomic E-state index is 5.35. The van der Waals surface area contributed by atoms with Crippen molar-refractivity contribution in [2.45, 2.75) is 6.92 Å². The highest BCUT2D eigenvalue weighted by atomic mass is 32.1. The summed E-state index contributed by atoms with van der Waals surface area (Å²) in [5.41, 5.74) is 2.71. The minimum atomic E-state index is 0.611. The number of H-pyrrole nitrogens is 1. The summed E-state index contributed by atoms with van der Waals surface area (Å²) in [4.78, 5) is 12.0. The zero-order valence-electron chi connectivity index (χ0n) is 9.30. The zero-order chi connectivity index (χ0) is 11.7. The molecule has 0 aliphatic heterocycles. The molecule has 1 N–H and O–H groups in total. The average Bonchev–Trinajstić information content (AvgIpc) is 2.97. The van der Waals surface area contributed by atoms with Crippen molar-refractivity contribution >= 4 is 22.5 Å². The maximum Gasteiger partial charge on any atom is 0.215 e. The largest absolute Gasteiger partial charge is 0.478 e. The first-order valence-electron chi connectivity index (χ1n) is 5.39. The molecule has 0 amide bonds. The minimum Gasteiger partial charge on any atom is -0.478 e. The fourth-order valence-corrected chi connectivity index (χ4v) is 2.28. The predicted molar refractivity (Wildman–Crippen MR) is 68.4 cm³/mol. The van der Waals surface area contributed by atoms with Crippen molar-refractivity contribution in [3.63, 3.8) is 0 Å². The Bertz CT molecular complexity index is 630. The van der Waals surface area contributed by atoms with Crippen molar-refractivity contribution in [1.29, 1.82) is 0 Å². The number of hydrogen-bond donors (Lipinski definition) is 1. The lowest BCUT2D eigenvalue weighted by Crippen LogP contribution is -1.93. The van der Waals surface area contributed by atoms with E-state index in [9.17, 15) is 0 Å². The van der Waals surface area contributed by atoms with Crippen LogP contribution in [0.3, 0.4) is 0 Å². The first kappa shape index (κ1) is 10.3. The van der Waals surface area contributed by atoms with Gasteiger partial charge in [-0.3, -0.25) is 0 Å². The van der Waals surface area contributed by atoms with Gasteiger partial charge in [-0.1, -0.05) is 0 Å². The molecule has 0 aromatic carbocycles. The minimum absolute atomic E-state index is 0.611. The molecule has 0 aliphatic rings. The van der Waals surface area contributed by atoms with E-state index in [-0.39, 0.29) is 0 Å². The summed E-state index contributed by atoms with van der Waals surface area (Å²) in [6, 6.07) is 5.82. The van der Waals surface area contributed by atoms with Gasteiger partial charge in [0.25, 0.3) is 0 Å². The van der Waals surface area contributed by atoms with Crippen LogP contribution in [0.1, 0.15) is 6.92 Å². The van der Waals surface area contributed by atoms with Gasteiger partial charge in [-0.2, -0.15) is 16.3 Å². The van der Waals surface area contributed by atoms with E-state index in [0.29, 0.717) is 18.1 Å². The van der Waals surface area contributed by atoms with E-state index in [4.69, 9.17) is 4.74 Å². The van der Waals surface area contributed by atoms with Gasteiger partial charge >= 0.3 is 0 Å². The number of hydrogen-bond acceptors (Lipinski definition) is 4. The molecule has 0 spiro atoms. The Balaban J connectivity index is 2.07. The number of rotatable bonds is 3. The lowest BCUT2D eigenvalue weighted by atomic mass is 10.3. The molecule has 86 valence electrons. The second-order valence-electron chi connectivity index (χ2n) is 3.55. The molecule has 4 nitrogen and oxygen atoms in total. The van der Waals surface area contributed by atoms with Crippen molar-refractivity contribution in [2.75, 3.05) is 6.61 Å². The van der Waals surface area contributed by atoms with Crippen LogP contribution in [0.25, 0.3) is 22.6 Å². The fourth-order valence-electron chi connectivity index (χ4n) is 1.64. The lowest BCUT2D eigenvalue weighted by molar-refractivity contribution is 0.328. The van der Waals surface area contributed by atoms with Gasteiger partial charge < -0.3 is 9.72 Å². The molecule has 3 rings (SSSR count). The van der Waals surface area contributed by atoms with Crippen molar-refractivity contribution in [2.24, 2.45) is 0 Å². The SMILES string of the molecule is CCOc1ccc2[nH]c(-c3ccsc3)nc2n1. The van der Waals surface area contributed by atoms with E-state index in [1.807, 2.05) is 30.5 Å². The van der Waals surface area contributed by atoms with Gasteiger partial charge in [0.05, 0.1) is 12.1 Å². The highest BCUT2D eigenvalue weighted by molar-refractivity contribution is 7.08. The Morgan fingerprint density at radius 2 is 2.24 bits per heavy atom. The topological polar surface area (TPSA) is 50.8 Å². The highest BCUT2D eigenvalue weighted by Crippen LogP contribution is 2.22. The summed E-state index contributed by atoms with van der Waals surface area (Å²) in [6.07, 6.45) is 0. The van der Waals surface area contributed by atoms with E-state index in [1.165, 1.54) is 0 Å². The number of ether oxygens (including phenoxy) is 1. The molecule has 0 saturated carbocycles. The van der Waals surface area contributed by atoms with Gasteiger partial charge in [0.15, 0.2) is 5.65 Å². The van der Waals surface area contributed by atoms with Gasteiger partial charge in [-0.25, -0.2) is 4.98 Å². The molecule has 0 fully saturated rings. The normalized spacial score (nSPS) is 10.9. The van der Waals surface area contributed by atoms with Gasteiger partial charge in [0.1, 0.15) is 5.82 Å². The van der Waals surface area contributed by atoms with Crippen LogP contribution in [0.15, 0.2) is 29.0 Å². The summed E-state index contributed by atoms with van der Waals surface area (Å²) in [7, 11) is 0. The molecule has 0 radical (unpaired) electrons. The molecule has 5 heteroatoms. The van der Waals surface area contributed by atoms with Crippen LogP contribution >= 0.6 is 11.3 Å². The van der Waals surface area contributed by atoms with Crippen molar-refractivity contribution in [1.82, 2.24) is 15.0 Å². The quantitative estimate of drug-likeness (QED) is 0.771. The number of thiophene rings is 1. The first-order chi connectivity index (χ1) is 8.36. The maximum absolute atomic E-state index is 5.35. The second-order valence-corrected chi connectivity index (χ2v) is 4.33. The van der Waals surface area contributed by atoms with Crippen LogP contribution in [-0.4, -0.2) is 21.6 Å². The fraction of sp³-hybridized carbons (Fsp3) is 0.167. The smallest absolute Gasteiger partial charge is 0.215 e. The van der Waals surface area contributed by atoms with Crippen molar-refractivity contribution in [3.8, 4) is 17.3 Å². The molecule has 3 aromatic heterocycles. The monoisotopic (exact) mass is 245 g/mol. The van der Waals surface area contributed by atoms with Crippen LogP contribution in [0.5, 0.6) is 5.88 Å². The number of pyridine rings is 1. The Kier molecular flexibility index (Phi) is 2.53. The highest BCUT2D eigenvalue weighted by Gasteiger charge is 2.07. The summed E-state index contributed by atoms with van der Waals surface area (Å²) in [5.74, 6) is 1.46. The molecule has 0 atom stereocenters. The number of imidazole rings is 1. The zero-order valence-corrected chi connectivity index (χ0v) is 10.1. The first-order valence-corrected chi connectivity index (χ1v) is 6.33. The number of nitrogens with one attached hydrogen (secondary N) is 1. The summed E-state index contributed by atoms with van der Waals surface area (Å²) < 4.78 is 5.35. The Labute approximate surface area is 102 Å². The third kappa shape index (κ3) is 1.89. The predicted octanol–water partition coefficient (Wildman–Crippen LogP) is 3.09. The standard InChI is InChI=1S/C12H11N3OS/c1-2-16-10-4-3-9-12(14-10)15-11(13-9)8-5-6-17-7-8/h3-7H,2H2,1H3,(H,13,14,15). The van der Waals surface area contributed by atoms with Gasteiger partial charge in [-0.15, -0.1) is 0 Å². The molecule has 3 heterocycles. The average molecular weight is 245 g/mol. The molecule has 0 aliphatic carbocycles. The Morgan fingerprint density at radius 3 is 3.00 bits per heavy atom. The molecule has 0 saturated heterocycles. The van der Waals surface area contributed by atoms with Crippen LogP contribution in [0.2, 0.25) is 0 Å². The van der Waals surface area contributed by atoms with Crippen LogP contribution in [0, 0.1) is 0 Å². The molecular weight excluding hydrogens is 234 g/mol. The van der Waals surface area contributed by atoms with Gasteiger partial charge in [0.2, 0.25) is 5.88 Å². The lowest BCUT2D eigenvalue weighted by Gasteiger charge is -1.99. The van der Waals surface area contributed by atoms with E-state index in [2.05, 4.69) is 20.3 Å². The number of aromatic nitrogens is 3. The third-order valence-electron chi connectivity index (χ3n) is 2.41. The van der Waals surface area contributed by atoms with Crippen molar-refractivity contribution < 1.29 is 4.74 Å².